The van der Waals surface area contributed by atoms with E-state index in [2.05, 4.69) is 9.97 Å². The van der Waals surface area contributed by atoms with Crippen LogP contribution >= 0.6 is 23.2 Å². The monoisotopic (exact) mass is 376 g/mol. The standard InChI is InChI=1S/C17H11Cl2FN4O/c18-10-3-2-9(6-11(10)19)24-7-14(25)15(16(24)21)17-22-12-4-1-8(20)5-13(12)23-17/h1-6,21,25H,7H2,(H,22,23). The number of aliphatic hydroxyl groups excluding tert-OH is 1. The van der Waals surface area contributed by atoms with Gasteiger partial charge in [0.1, 0.15) is 23.2 Å². The molecule has 0 unspecified atom stereocenters. The van der Waals surface area contributed by atoms with Crippen molar-refractivity contribution in [2.45, 2.75) is 0 Å². The second-order valence-electron chi connectivity index (χ2n) is 5.60. The van der Waals surface area contributed by atoms with Gasteiger partial charge in [-0.05, 0) is 36.4 Å². The number of aromatic nitrogens is 2. The van der Waals surface area contributed by atoms with E-state index in [0.717, 1.165) is 0 Å². The number of halogens is 3. The molecule has 4 rings (SSSR count). The van der Waals surface area contributed by atoms with Gasteiger partial charge in [0.25, 0.3) is 0 Å². The molecular weight excluding hydrogens is 366 g/mol. The Morgan fingerprint density at radius 3 is 2.72 bits per heavy atom. The number of rotatable bonds is 2. The van der Waals surface area contributed by atoms with Gasteiger partial charge in [0.05, 0.1) is 33.2 Å². The summed E-state index contributed by atoms with van der Waals surface area (Å²) < 4.78 is 13.3. The number of aliphatic hydroxyl groups is 1. The van der Waals surface area contributed by atoms with E-state index in [4.69, 9.17) is 28.6 Å². The molecule has 0 saturated heterocycles. The molecule has 1 aliphatic rings. The number of benzene rings is 2. The third kappa shape index (κ3) is 2.63. The second kappa shape index (κ2) is 5.75. The van der Waals surface area contributed by atoms with Crippen molar-refractivity contribution in [3.63, 3.8) is 0 Å². The van der Waals surface area contributed by atoms with Crippen LogP contribution in [0.3, 0.4) is 0 Å². The van der Waals surface area contributed by atoms with E-state index in [9.17, 15) is 9.50 Å². The van der Waals surface area contributed by atoms with E-state index >= 15 is 0 Å². The van der Waals surface area contributed by atoms with Crippen molar-refractivity contribution in [2.24, 2.45) is 0 Å². The fourth-order valence-electron chi connectivity index (χ4n) is 2.80. The van der Waals surface area contributed by atoms with Crippen molar-refractivity contribution in [1.29, 1.82) is 5.41 Å². The van der Waals surface area contributed by atoms with Gasteiger partial charge in [-0.15, -0.1) is 0 Å². The zero-order chi connectivity index (χ0) is 17.7. The van der Waals surface area contributed by atoms with Gasteiger partial charge in [0.2, 0.25) is 0 Å². The molecule has 0 saturated carbocycles. The fourth-order valence-corrected chi connectivity index (χ4v) is 3.09. The molecular formula is C17H11Cl2FN4O. The first-order valence-corrected chi connectivity index (χ1v) is 8.09. The smallest absolute Gasteiger partial charge is 0.145 e. The number of anilines is 1. The number of amidine groups is 1. The molecule has 0 bridgehead atoms. The Morgan fingerprint density at radius 2 is 1.96 bits per heavy atom. The summed E-state index contributed by atoms with van der Waals surface area (Å²) >= 11 is 12.0. The molecule has 0 aliphatic carbocycles. The number of imidazole rings is 1. The van der Waals surface area contributed by atoms with Gasteiger partial charge < -0.3 is 15.0 Å². The number of hydrogen-bond acceptors (Lipinski definition) is 3. The highest BCUT2D eigenvalue weighted by Crippen LogP contribution is 2.33. The van der Waals surface area contributed by atoms with E-state index in [1.807, 2.05) is 0 Å². The lowest BCUT2D eigenvalue weighted by atomic mass is 10.2. The van der Waals surface area contributed by atoms with Crippen LogP contribution in [0.1, 0.15) is 5.82 Å². The summed E-state index contributed by atoms with van der Waals surface area (Å²) in [5.74, 6) is -0.0171. The van der Waals surface area contributed by atoms with Gasteiger partial charge in [-0.1, -0.05) is 23.2 Å². The third-order valence-corrected chi connectivity index (χ3v) is 4.74. The van der Waals surface area contributed by atoms with E-state index in [-0.39, 0.29) is 29.5 Å². The number of hydrogen-bond donors (Lipinski definition) is 3. The Morgan fingerprint density at radius 1 is 1.16 bits per heavy atom. The number of nitrogens with one attached hydrogen (secondary N) is 2. The normalized spacial score (nSPS) is 14.8. The molecule has 8 heteroatoms. The van der Waals surface area contributed by atoms with Gasteiger partial charge in [0, 0.05) is 5.69 Å². The molecule has 126 valence electrons. The second-order valence-corrected chi connectivity index (χ2v) is 6.42. The molecule has 1 aromatic heterocycles. The summed E-state index contributed by atoms with van der Waals surface area (Å²) in [5, 5.41) is 19.5. The zero-order valence-corrected chi connectivity index (χ0v) is 14.2. The van der Waals surface area contributed by atoms with Crippen molar-refractivity contribution in [3.05, 3.63) is 63.8 Å². The van der Waals surface area contributed by atoms with Gasteiger partial charge >= 0.3 is 0 Å². The van der Waals surface area contributed by atoms with Crippen molar-refractivity contribution in [2.75, 3.05) is 11.4 Å². The van der Waals surface area contributed by atoms with Crippen molar-refractivity contribution < 1.29 is 9.50 Å². The summed E-state index contributed by atoms with van der Waals surface area (Å²) in [6.45, 7) is 0.109. The molecule has 5 nitrogen and oxygen atoms in total. The quantitative estimate of drug-likeness (QED) is 0.602. The average Bonchev–Trinajstić information content (AvgIpc) is 3.10. The highest BCUT2D eigenvalue weighted by molar-refractivity contribution is 6.42. The minimum absolute atomic E-state index is 0.00407. The summed E-state index contributed by atoms with van der Waals surface area (Å²) in [7, 11) is 0. The third-order valence-electron chi connectivity index (χ3n) is 4.00. The van der Waals surface area contributed by atoms with Gasteiger partial charge in [-0.2, -0.15) is 0 Å². The lowest BCUT2D eigenvalue weighted by Gasteiger charge is -2.19. The summed E-state index contributed by atoms with van der Waals surface area (Å²) in [4.78, 5) is 8.87. The molecule has 1 aliphatic heterocycles. The van der Waals surface area contributed by atoms with Crippen molar-refractivity contribution in [1.82, 2.24) is 9.97 Å². The molecule has 0 radical (unpaired) electrons. The van der Waals surface area contributed by atoms with Crippen LogP contribution in [0.25, 0.3) is 16.6 Å². The van der Waals surface area contributed by atoms with Crippen LogP contribution in [0.2, 0.25) is 10.0 Å². The van der Waals surface area contributed by atoms with Gasteiger partial charge in [0.15, 0.2) is 0 Å². The zero-order valence-electron chi connectivity index (χ0n) is 12.6. The SMILES string of the molecule is N=C1C(c2nc3ccc(F)cc3[nH]2)=C(O)CN1c1ccc(Cl)c(Cl)c1. The summed E-state index contributed by atoms with van der Waals surface area (Å²) in [6, 6.07) is 9.14. The van der Waals surface area contributed by atoms with E-state index in [1.54, 1.807) is 23.1 Å². The first-order valence-electron chi connectivity index (χ1n) is 7.33. The van der Waals surface area contributed by atoms with E-state index in [1.165, 1.54) is 18.2 Å². The van der Waals surface area contributed by atoms with Crippen LogP contribution in [0.5, 0.6) is 0 Å². The fraction of sp³-hybridized carbons (Fsp3) is 0.0588. The van der Waals surface area contributed by atoms with Crippen LogP contribution in [0.15, 0.2) is 42.2 Å². The van der Waals surface area contributed by atoms with E-state index < -0.39 is 0 Å². The predicted octanol–water partition coefficient (Wildman–Crippen LogP) is 4.78. The molecule has 0 fully saturated rings. The Hall–Kier alpha value is -2.57. The Labute approximate surface area is 151 Å². The number of H-pyrrole nitrogens is 1. The molecule has 3 aromatic rings. The van der Waals surface area contributed by atoms with Gasteiger partial charge in [-0.25, -0.2) is 9.37 Å². The van der Waals surface area contributed by atoms with Crippen molar-refractivity contribution >= 4 is 51.3 Å². The largest absolute Gasteiger partial charge is 0.509 e. The maximum Gasteiger partial charge on any atom is 0.145 e. The molecule has 3 N–H and O–H groups in total. The highest BCUT2D eigenvalue weighted by Gasteiger charge is 2.31. The summed E-state index contributed by atoms with van der Waals surface area (Å²) in [6.07, 6.45) is 0. The molecule has 0 amide bonds. The lowest BCUT2D eigenvalue weighted by Crippen LogP contribution is -2.26. The Bertz CT molecular complexity index is 1060. The molecule has 25 heavy (non-hydrogen) atoms. The van der Waals surface area contributed by atoms with Crippen LogP contribution < -0.4 is 4.90 Å². The maximum atomic E-state index is 13.3. The highest BCUT2D eigenvalue weighted by atomic mass is 35.5. The molecule has 0 spiro atoms. The number of fused-ring (bicyclic) bond motifs is 1. The van der Waals surface area contributed by atoms with E-state index in [0.29, 0.717) is 32.6 Å². The lowest BCUT2D eigenvalue weighted by molar-refractivity contribution is 0.411. The molecule has 2 heterocycles. The van der Waals surface area contributed by atoms with Crippen LogP contribution in [0, 0.1) is 11.2 Å². The first-order chi connectivity index (χ1) is 11.9. The average molecular weight is 377 g/mol. The van der Waals surface area contributed by atoms with Crippen LogP contribution in [0.4, 0.5) is 10.1 Å². The Balaban J connectivity index is 1.73. The minimum atomic E-state index is -0.389. The minimum Gasteiger partial charge on any atom is -0.509 e. The topological polar surface area (TPSA) is 76.0 Å². The van der Waals surface area contributed by atoms with Crippen molar-refractivity contribution in [3.8, 4) is 0 Å². The molecule has 2 aromatic carbocycles. The summed E-state index contributed by atoms with van der Waals surface area (Å²) in [5.41, 5.74) is 1.94. The Kier molecular flexibility index (Phi) is 3.67. The predicted molar refractivity (Wildman–Crippen MR) is 97.1 cm³/mol. The molecule has 0 atom stereocenters. The maximum absolute atomic E-state index is 13.3. The van der Waals surface area contributed by atoms with Crippen LogP contribution in [-0.4, -0.2) is 27.5 Å². The van der Waals surface area contributed by atoms with Gasteiger partial charge in [-0.3, -0.25) is 5.41 Å². The first kappa shape index (κ1) is 15.9. The van der Waals surface area contributed by atoms with Crippen LogP contribution in [-0.2, 0) is 0 Å². The number of nitrogens with zero attached hydrogens (tertiary/aromatic N) is 2. The number of aromatic amines is 1.